The number of benzene rings is 1. The van der Waals surface area contributed by atoms with Gasteiger partial charge in [-0.1, -0.05) is 17.7 Å². The van der Waals surface area contributed by atoms with Gasteiger partial charge in [-0.05, 0) is 49.8 Å². The first-order valence-corrected chi connectivity index (χ1v) is 7.44. The first-order chi connectivity index (χ1) is 10.1. The fourth-order valence-corrected chi connectivity index (χ4v) is 2.68. The summed E-state index contributed by atoms with van der Waals surface area (Å²) in [5.74, 6) is -1.01. The summed E-state index contributed by atoms with van der Waals surface area (Å²) >= 11 is 5.82. The van der Waals surface area contributed by atoms with Gasteiger partial charge in [-0.15, -0.1) is 0 Å². The van der Waals surface area contributed by atoms with Crippen molar-refractivity contribution in [3.63, 3.8) is 0 Å². The Bertz CT molecular complexity index is 513. The predicted molar refractivity (Wildman–Crippen MR) is 81.1 cm³/mol. The Kier molecular flexibility index (Phi) is 5.59. The summed E-state index contributed by atoms with van der Waals surface area (Å²) in [6.07, 6.45) is 3.33. The molecule has 0 heterocycles. The lowest BCUT2D eigenvalue weighted by Crippen LogP contribution is -2.43. The molecule has 6 heteroatoms. The molecule has 0 bridgehead atoms. The smallest absolute Gasteiger partial charge is 0.313 e. The third kappa shape index (κ3) is 4.72. The summed E-state index contributed by atoms with van der Waals surface area (Å²) < 4.78 is 0. The van der Waals surface area contributed by atoms with E-state index >= 15 is 0 Å². The lowest BCUT2D eigenvalue weighted by atomic mass is 9.86. The molecule has 1 aromatic rings. The largest absolute Gasteiger partial charge is 0.396 e. The maximum absolute atomic E-state index is 11.8. The van der Waals surface area contributed by atoms with Crippen LogP contribution in [0, 0.1) is 5.92 Å². The van der Waals surface area contributed by atoms with Crippen molar-refractivity contribution in [3.05, 3.63) is 29.3 Å². The molecule has 21 heavy (non-hydrogen) atoms. The van der Waals surface area contributed by atoms with Crippen LogP contribution in [0.4, 0.5) is 5.69 Å². The molecule has 0 aliphatic heterocycles. The normalized spacial score (nSPS) is 21.6. The van der Waals surface area contributed by atoms with Gasteiger partial charge < -0.3 is 15.7 Å². The van der Waals surface area contributed by atoms with E-state index < -0.39 is 11.8 Å². The maximum atomic E-state index is 11.8. The van der Waals surface area contributed by atoms with Crippen LogP contribution in [-0.2, 0) is 9.59 Å². The predicted octanol–water partition coefficient (Wildman–Crippen LogP) is 1.95. The summed E-state index contributed by atoms with van der Waals surface area (Å²) in [6, 6.07) is 6.65. The van der Waals surface area contributed by atoms with Gasteiger partial charge in [-0.3, -0.25) is 9.59 Å². The van der Waals surface area contributed by atoms with E-state index in [1.54, 1.807) is 24.3 Å². The quantitative estimate of drug-likeness (QED) is 0.747. The van der Waals surface area contributed by atoms with Crippen LogP contribution in [0.3, 0.4) is 0 Å². The third-order valence-electron chi connectivity index (χ3n) is 3.73. The van der Waals surface area contributed by atoms with Crippen molar-refractivity contribution in [2.24, 2.45) is 5.92 Å². The number of carbonyl (C=O) groups excluding carboxylic acids is 2. The number of aliphatic hydroxyl groups is 1. The minimum absolute atomic E-state index is 0.00501. The molecule has 0 spiro atoms. The lowest BCUT2D eigenvalue weighted by molar-refractivity contribution is -0.136. The van der Waals surface area contributed by atoms with Gasteiger partial charge in [0.1, 0.15) is 0 Å². The molecule has 1 fully saturated rings. The van der Waals surface area contributed by atoms with Gasteiger partial charge in [0.25, 0.3) is 0 Å². The Labute approximate surface area is 128 Å². The highest BCUT2D eigenvalue weighted by atomic mass is 35.5. The molecule has 0 unspecified atom stereocenters. The van der Waals surface area contributed by atoms with E-state index in [4.69, 9.17) is 16.7 Å². The van der Waals surface area contributed by atoms with Crippen molar-refractivity contribution in [1.29, 1.82) is 0 Å². The minimum atomic E-state index is -0.693. The van der Waals surface area contributed by atoms with Gasteiger partial charge in [-0.25, -0.2) is 0 Å². The SMILES string of the molecule is O=C(Nc1cccc(Cl)c1)C(=O)NC1CCC(CO)CC1. The van der Waals surface area contributed by atoms with Gasteiger partial charge in [0, 0.05) is 23.4 Å². The van der Waals surface area contributed by atoms with Gasteiger partial charge in [0.15, 0.2) is 0 Å². The second-order valence-corrected chi connectivity index (χ2v) is 5.77. The van der Waals surface area contributed by atoms with E-state index in [1.807, 2.05) is 0 Å². The summed E-state index contributed by atoms with van der Waals surface area (Å²) in [7, 11) is 0. The fraction of sp³-hybridized carbons (Fsp3) is 0.467. The van der Waals surface area contributed by atoms with Crippen molar-refractivity contribution in [3.8, 4) is 0 Å². The Morgan fingerprint density at radius 3 is 2.52 bits per heavy atom. The molecule has 3 N–H and O–H groups in total. The molecule has 2 rings (SSSR count). The number of aliphatic hydroxyl groups excluding tert-OH is 1. The van der Waals surface area contributed by atoms with Crippen LogP contribution >= 0.6 is 11.6 Å². The van der Waals surface area contributed by atoms with E-state index in [9.17, 15) is 9.59 Å². The first kappa shape index (κ1) is 15.8. The second-order valence-electron chi connectivity index (χ2n) is 5.34. The molecule has 0 radical (unpaired) electrons. The Hall–Kier alpha value is -1.59. The van der Waals surface area contributed by atoms with Crippen molar-refractivity contribution in [1.82, 2.24) is 5.32 Å². The van der Waals surface area contributed by atoms with Crippen LogP contribution < -0.4 is 10.6 Å². The van der Waals surface area contributed by atoms with E-state index in [2.05, 4.69) is 10.6 Å². The molecule has 0 saturated heterocycles. The van der Waals surface area contributed by atoms with Crippen molar-refractivity contribution >= 4 is 29.1 Å². The molecule has 114 valence electrons. The van der Waals surface area contributed by atoms with Crippen LogP contribution in [0.5, 0.6) is 0 Å². The molecule has 0 aromatic heterocycles. The van der Waals surface area contributed by atoms with Crippen molar-refractivity contribution in [2.75, 3.05) is 11.9 Å². The van der Waals surface area contributed by atoms with Gasteiger partial charge >= 0.3 is 11.8 Å². The Morgan fingerprint density at radius 1 is 1.19 bits per heavy atom. The summed E-state index contributed by atoms with van der Waals surface area (Å²) in [5, 5.41) is 14.8. The molecule has 1 aromatic carbocycles. The summed E-state index contributed by atoms with van der Waals surface area (Å²) in [5.41, 5.74) is 0.492. The highest BCUT2D eigenvalue weighted by molar-refractivity contribution is 6.40. The highest BCUT2D eigenvalue weighted by Gasteiger charge is 2.24. The zero-order valence-corrected chi connectivity index (χ0v) is 12.4. The molecular weight excluding hydrogens is 292 g/mol. The van der Waals surface area contributed by atoms with Crippen molar-refractivity contribution in [2.45, 2.75) is 31.7 Å². The van der Waals surface area contributed by atoms with E-state index in [-0.39, 0.29) is 12.6 Å². The summed E-state index contributed by atoms with van der Waals surface area (Å²) in [6.45, 7) is 0.190. The number of nitrogens with one attached hydrogen (secondary N) is 2. The van der Waals surface area contributed by atoms with Gasteiger partial charge in [0.2, 0.25) is 0 Å². The third-order valence-corrected chi connectivity index (χ3v) is 3.96. The molecule has 1 aliphatic rings. The van der Waals surface area contributed by atoms with E-state index in [0.717, 1.165) is 25.7 Å². The number of anilines is 1. The molecule has 5 nitrogen and oxygen atoms in total. The zero-order chi connectivity index (χ0) is 15.2. The van der Waals surface area contributed by atoms with Crippen LogP contribution in [-0.4, -0.2) is 29.6 Å². The van der Waals surface area contributed by atoms with Crippen molar-refractivity contribution < 1.29 is 14.7 Å². The Morgan fingerprint density at radius 2 is 1.90 bits per heavy atom. The number of halogens is 1. The van der Waals surface area contributed by atoms with Gasteiger partial charge in [-0.2, -0.15) is 0 Å². The average Bonchev–Trinajstić information content (AvgIpc) is 2.48. The number of hydrogen-bond donors (Lipinski definition) is 3. The lowest BCUT2D eigenvalue weighted by Gasteiger charge is -2.27. The van der Waals surface area contributed by atoms with Crippen LogP contribution in [0.2, 0.25) is 5.02 Å². The molecule has 2 amide bonds. The molecule has 1 aliphatic carbocycles. The topological polar surface area (TPSA) is 78.4 Å². The van der Waals surface area contributed by atoms with Crippen LogP contribution in [0.1, 0.15) is 25.7 Å². The minimum Gasteiger partial charge on any atom is -0.396 e. The number of hydrogen-bond acceptors (Lipinski definition) is 3. The first-order valence-electron chi connectivity index (χ1n) is 7.06. The maximum Gasteiger partial charge on any atom is 0.313 e. The number of carbonyl (C=O) groups is 2. The van der Waals surface area contributed by atoms with Crippen LogP contribution in [0.25, 0.3) is 0 Å². The van der Waals surface area contributed by atoms with Crippen LogP contribution in [0.15, 0.2) is 24.3 Å². The van der Waals surface area contributed by atoms with E-state index in [1.165, 1.54) is 0 Å². The molecular formula is C15H19ClN2O3. The Balaban J connectivity index is 1.82. The molecule has 0 atom stereocenters. The fourth-order valence-electron chi connectivity index (χ4n) is 2.49. The average molecular weight is 311 g/mol. The number of rotatable bonds is 3. The highest BCUT2D eigenvalue weighted by Crippen LogP contribution is 2.23. The van der Waals surface area contributed by atoms with E-state index in [0.29, 0.717) is 16.6 Å². The zero-order valence-electron chi connectivity index (χ0n) is 11.6. The summed E-state index contributed by atoms with van der Waals surface area (Å²) in [4.78, 5) is 23.7. The standard InChI is InChI=1S/C15H19ClN2O3/c16-11-2-1-3-13(8-11)18-15(21)14(20)17-12-6-4-10(9-19)5-7-12/h1-3,8,10,12,19H,4-7,9H2,(H,17,20)(H,18,21). The molecule has 1 saturated carbocycles. The monoisotopic (exact) mass is 310 g/mol. The number of amides is 2. The second kappa shape index (κ2) is 7.43. The van der Waals surface area contributed by atoms with Gasteiger partial charge in [0.05, 0.1) is 0 Å².